The Hall–Kier alpha value is -1.81. The summed E-state index contributed by atoms with van der Waals surface area (Å²) in [6.07, 6.45) is 2.75. The van der Waals surface area contributed by atoms with Gasteiger partial charge in [-0.2, -0.15) is 0 Å². The summed E-state index contributed by atoms with van der Waals surface area (Å²) in [5, 5.41) is 3.21. The van der Waals surface area contributed by atoms with Crippen molar-refractivity contribution in [1.29, 1.82) is 0 Å². The summed E-state index contributed by atoms with van der Waals surface area (Å²) in [5.74, 6) is 0.865. The van der Waals surface area contributed by atoms with Crippen molar-refractivity contribution in [3.8, 4) is 5.75 Å². The summed E-state index contributed by atoms with van der Waals surface area (Å²) in [5.41, 5.74) is 0.936. The molecule has 0 aliphatic carbocycles. The van der Waals surface area contributed by atoms with Gasteiger partial charge < -0.3 is 4.65 Å². The van der Waals surface area contributed by atoms with Gasteiger partial charge in [0.2, 0.25) is 0 Å². The predicted molar refractivity (Wildman–Crippen MR) is 77.5 cm³/mol. The van der Waals surface area contributed by atoms with E-state index in [0.29, 0.717) is 7.48 Å². The van der Waals surface area contributed by atoms with E-state index >= 15 is 0 Å². The minimum atomic E-state index is 0.691. The van der Waals surface area contributed by atoms with E-state index in [0.717, 1.165) is 23.0 Å². The van der Waals surface area contributed by atoms with E-state index in [1.165, 1.54) is 4.88 Å². The smallest absolute Gasteiger partial charge is 0.345 e. The van der Waals surface area contributed by atoms with E-state index in [-0.39, 0.29) is 0 Å². The van der Waals surface area contributed by atoms with Crippen LogP contribution in [0.2, 0.25) is 0 Å². The van der Waals surface area contributed by atoms with Crippen LogP contribution in [0, 0.1) is 0 Å². The summed E-state index contributed by atoms with van der Waals surface area (Å²) in [6.45, 7) is 0. The molecule has 0 N–H and O–H groups in total. The number of hydrogen-bond donors (Lipinski definition) is 0. The van der Waals surface area contributed by atoms with Gasteiger partial charge in [-0.3, -0.25) is 4.98 Å². The van der Waals surface area contributed by atoms with Gasteiger partial charge >= 0.3 is 7.48 Å². The maximum Gasteiger partial charge on any atom is 0.345 e. The average molecular weight is 253 g/mol. The molecule has 0 spiro atoms. The molecule has 4 heteroatoms. The lowest BCUT2D eigenvalue weighted by Gasteiger charge is -2.07. The Kier molecular flexibility index (Phi) is 3.28. The Morgan fingerprint density at radius 3 is 2.94 bits per heavy atom. The fourth-order valence-corrected chi connectivity index (χ4v) is 2.60. The van der Waals surface area contributed by atoms with Crippen molar-refractivity contribution in [1.82, 2.24) is 4.98 Å². The lowest BCUT2D eigenvalue weighted by atomic mass is 9.94. The SMILES string of the molecule is B(Cc1cccs1)Oc1cccc2cccnc12. The van der Waals surface area contributed by atoms with Gasteiger partial charge in [-0.15, -0.1) is 11.3 Å². The van der Waals surface area contributed by atoms with Crippen molar-refractivity contribution in [2.75, 3.05) is 0 Å². The van der Waals surface area contributed by atoms with Gasteiger partial charge in [0, 0.05) is 16.5 Å². The second-order valence-electron chi connectivity index (χ2n) is 4.01. The zero-order chi connectivity index (χ0) is 12.2. The van der Waals surface area contributed by atoms with Gasteiger partial charge in [-0.1, -0.05) is 24.3 Å². The van der Waals surface area contributed by atoms with Gasteiger partial charge in [-0.25, -0.2) is 0 Å². The van der Waals surface area contributed by atoms with Crippen LogP contribution in [0.3, 0.4) is 0 Å². The molecule has 3 rings (SSSR count). The summed E-state index contributed by atoms with van der Waals surface area (Å²) < 4.78 is 5.84. The zero-order valence-corrected chi connectivity index (χ0v) is 10.7. The molecule has 0 radical (unpaired) electrons. The van der Waals surface area contributed by atoms with E-state index in [1.54, 1.807) is 17.5 Å². The fourth-order valence-electron chi connectivity index (χ4n) is 1.91. The van der Waals surface area contributed by atoms with E-state index < -0.39 is 0 Å². The number of pyridine rings is 1. The Labute approximate surface area is 111 Å². The minimum absolute atomic E-state index is 0.691. The Bertz CT molecular complexity index is 634. The topological polar surface area (TPSA) is 22.1 Å². The van der Waals surface area contributed by atoms with E-state index in [1.807, 2.05) is 18.2 Å². The summed E-state index contributed by atoms with van der Waals surface area (Å²) in [7, 11) is 0.691. The molecule has 0 bridgehead atoms. The maximum atomic E-state index is 5.84. The number of nitrogens with zero attached hydrogens (tertiary/aromatic N) is 1. The van der Waals surface area contributed by atoms with E-state index in [2.05, 4.69) is 34.6 Å². The van der Waals surface area contributed by atoms with Crippen molar-refractivity contribution in [2.24, 2.45) is 0 Å². The van der Waals surface area contributed by atoms with Crippen LogP contribution < -0.4 is 4.65 Å². The molecule has 18 heavy (non-hydrogen) atoms. The van der Waals surface area contributed by atoms with Crippen molar-refractivity contribution in [2.45, 2.75) is 6.32 Å². The third-order valence-corrected chi connectivity index (χ3v) is 3.72. The van der Waals surface area contributed by atoms with Crippen LogP contribution in [0.1, 0.15) is 4.88 Å². The molecular weight excluding hydrogens is 241 g/mol. The number of benzene rings is 1. The van der Waals surface area contributed by atoms with Crippen LogP contribution in [-0.4, -0.2) is 12.5 Å². The van der Waals surface area contributed by atoms with E-state index in [4.69, 9.17) is 4.65 Å². The predicted octanol–water partition coefficient (Wildman–Crippen LogP) is 3.23. The standard InChI is InChI=1S/C14H12BNOS/c1-4-11-5-2-8-16-14(11)13(7-1)17-15-10-12-6-3-9-18-12/h1-9,15H,10H2. The summed E-state index contributed by atoms with van der Waals surface area (Å²) in [6, 6.07) is 14.2. The first-order valence-electron chi connectivity index (χ1n) is 5.92. The van der Waals surface area contributed by atoms with Crippen LogP contribution in [0.4, 0.5) is 0 Å². The molecule has 1 aromatic carbocycles. The lowest BCUT2D eigenvalue weighted by molar-refractivity contribution is 0.598. The minimum Gasteiger partial charge on any atom is -0.562 e. The first-order chi connectivity index (χ1) is 8.93. The molecule has 88 valence electrons. The number of para-hydroxylation sites is 1. The molecule has 2 heterocycles. The van der Waals surface area contributed by atoms with Crippen LogP contribution in [0.5, 0.6) is 5.75 Å². The fraction of sp³-hybridized carbons (Fsp3) is 0.0714. The van der Waals surface area contributed by atoms with Crippen LogP contribution in [0.25, 0.3) is 10.9 Å². The molecule has 0 unspecified atom stereocenters. The van der Waals surface area contributed by atoms with Gasteiger partial charge in [0.25, 0.3) is 0 Å². The number of fused-ring (bicyclic) bond motifs is 1. The molecule has 0 aliphatic rings. The molecule has 2 nitrogen and oxygen atoms in total. The van der Waals surface area contributed by atoms with Gasteiger partial charge in [0.05, 0.1) is 0 Å². The zero-order valence-electron chi connectivity index (χ0n) is 9.87. The molecule has 3 aromatic rings. The van der Waals surface area contributed by atoms with Crippen molar-refractivity contribution < 1.29 is 4.65 Å². The van der Waals surface area contributed by atoms with Gasteiger partial charge in [-0.05, 0) is 29.9 Å². The Morgan fingerprint density at radius 1 is 1.11 bits per heavy atom. The summed E-state index contributed by atoms with van der Waals surface area (Å²) in [4.78, 5) is 5.72. The Balaban J connectivity index is 1.74. The second-order valence-corrected chi connectivity index (χ2v) is 5.04. The highest BCUT2D eigenvalue weighted by atomic mass is 32.1. The number of hydrogen-bond acceptors (Lipinski definition) is 3. The lowest BCUT2D eigenvalue weighted by Crippen LogP contribution is -2.05. The Morgan fingerprint density at radius 2 is 2.06 bits per heavy atom. The molecule has 0 aliphatic heterocycles. The largest absolute Gasteiger partial charge is 0.562 e. The number of aromatic nitrogens is 1. The molecular formula is C14H12BNOS. The highest BCUT2D eigenvalue weighted by molar-refractivity contribution is 7.10. The number of rotatable bonds is 4. The molecule has 0 amide bonds. The van der Waals surface area contributed by atoms with Gasteiger partial charge in [0.1, 0.15) is 11.3 Å². The second kappa shape index (κ2) is 5.23. The highest BCUT2D eigenvalue weighted by Crippen LogP contribution is 2.22. The van der Waals surface area contributed by atoms with Crippen LogP contribution in [-0.2, 0) is 6.32 Å². The normalized spacial score (nSPS) is 10.4. The van der Waals surface area contributed by atoms with Crippen LogP contribution >= 0.6 is 11.3 Å². The van der Waals surface area contributed by atoms with Gasteiger partial charge in [0.15, 0.2) is 0 Å². The first-order valence-corrected chi connectivity index (χ1v) is 6.80. The molecule has 2 aromatic heterocycles. The third-order valence-electron chi connectivity index (χ3n) is 2.78. The van der Waals surface area contributed by atoms with Crippen LogP contribution in [0.15, 0.2) is 54.0 Å². The molecule has 0 saturated carbocycles. The maximum absolute atomic E-state index is 5.84. The molecule has 0 fully saturated rings. The van der Waals surface area contributed by atoms with E-state index in [9.17, 15) is 0 Å². The van der Waals surface area contributed by atoms with Crippen molar-refractivity contribution >= 4 is 29.7 Å². The van der Waals surface area contributed by atoms with Crippen molar-refractivity contribution in [3.05, 3.63) is 58.9 Å². The average Bonchev–Trinajstić information content (AvgIpc) is 2.92. The third kappa shape index (κ3) is 2.38. The molecule has 0 saturated heterocycles. The summed E-state index contributed by atoms with van der Waals surface area (Å²) >= 11 is 1.77. The number of thiophene rings is 1. The van der Waals surface area contributed by atoms with Crippen molar-refractivity contribution in [3.63, 3.8) is 0 Å². The monoisotopic (exact) mass is 253 g/mol. The highest BCUT2D eigenvalue weighted by Gasteiger charge is 2.04. The first kappa shape index (κ1) is 11.3. The molecule has 0 atom stereocenters. The quantitative estimate of drug-likeness (QED) is 0.666.